The van der Waals surface area contributed by atoms with Crippen LogP contribution in [0, 0.1) is 18.3 Å². The molecule has 0 aliphatic carbocycles. The smallest absolute Gasteiger partial charge is 0.375 e. The number of nitriles is 1. The molecular weight excluding hydrogens is 581 g/mol. The Bertz CT molecular complexity index is 1610. The number of piperazine rings is 1. The SMILES string of the molecule is C=CC(O)N1CCN(c2nc(SC[C@@H]3CCCN3C)nc3c(=O)n(-c4cccc(C)c4C(F)(F)F)ncc23)C[C@@H]1CC#N. The number of aliphatic hydroxyl groups is 1. The van der Waals surface area contributed by atoms with Crippen molar-refractivity contribution >= 4 is 28.5 Å². The summed E-state index contributed by atoms with van der Waals surface area (Å²) in [7, 11) is 2.06. The van der Waals surface area contributed by atoms with Gasteiger partial charge in [0, 0.05) is 37.5 Å². The second-order valence-corrected chi connectivity index (χ2v) is 11.8. The topological polar surface area (TPSA) is 114 Å². The third-order valence-corrected chi connectivity index (χ3v) is 9.14. The molecule has 3 aromatic rings. The van der Waals surface area contributed by atoms with Gasteiger partial charge < -0.3 is 14.9 Å². The number of halogens is 3. The van der Waals surface area contributed by atoms with Crippen molar-refractivity contribution in [1.82, 2.24) is 29.5 Å². The van der Waals surface area contributed by atoms with Gasteiger partial charge in [0.25, 0.3) is 5.56 Å². The van der Waals surface area contributed by atoms with E-state index in [1.165, 1.54) is 49.2 Å². The monoisotopic (exact) mass is 614 g/mol. The minimum Gasteiger partial charge on any atom is -0.375 e. The van der Waals surface area contributed by atoms with E-state index in [-0.39, 0.29) is 29.2 Å². The highest BCUT2D eigenvalue weighted by Gasteiger charge is 2.37. The fourth-order valence-corrected chi connectivity index (χ4v) is 6.93. The van der Waals surface area contributed by atoms with Gasteiger partial charge in [-0.2, -0.15) is 28.2 Å². The summed E-state index contributed by atoms with van der Waals surface area (Å²) >= 11 is 1.40. The number of alkyl halides is 3. The van der Waals surface area contributed by atoms with Crippen molar-refractivity contribution in [1.29, 1.82) is 5.26 Å². The molecule has 43 heavy (non-hydrogen) atoms. The molecule has 2 aliphatic rings. The van der Waals surface area contributed by atoms with E-state index in [0.29, 0.717) is 47.8 Å². The van der Waals surface area contributed by atoms with Crippen molar-refractivity contribution < 1.29 is 18.3 Å². The minimum absolute atomic E-state index is 0.0257. The highest BCUT2D eigenvalue weighted by Crippen LogP contribution is 2.36. The van der Waals surface area contributed by atoms with Gasteiger partial charge in [-0.05, 0) is 51.1 Å². The van der Waals surface area contributed by atoms with Crippen LogP contribution in [0.5, 0.6) is 0 Å². The number of hydrogen-bond donors (Lipinski definition) is 1. The first-order valence-corrected chi connectivity index (χ1v) is 15.0. The number of aliphatic hydroxyl groups excluding tert-OH is 1. The lowest BCUT2D eigenvalue weighted by molar-refractivity contribution is -0.138. The van der Waals surface area contributed by atoms with Crippen LogP contribution in [-0.4, -0.2) is 91.9 Å². The second kappa shape index (κ2) is 12.6. The van der Waals surface area contributed by atoms with Crippen LogP contribution in [0.1, 0.15) is 30.4 Å². The lowest BCUT2D eigenvalue weighted by Gasteiger charge is -2.42. The first-order chi connectivity index (χ1) is 20.5. The van der Waals surface area contributed by atoms with E-state index >= 15 is 0 Å². The van der Waals surface area contributed by atoms with Crippen LogP contribution in [0.15, 0.2) is 47.0 Å². The number of aryl methyl sites for hydroxylation is 1. The molecule has 0 radical (unpaired) electrons. The molecule has 2 fully saturated rings. The van der Waals surface area contributed by atoms with E-state index in [1.807, 2.05) is 4.90 Å². The lowest BCUT2D eigenvalue weighted by Crippen LogP contribution is -2.56. The summed E-state index contributed by atoms with van der Waals surface area (Å²) in [5.41, 5.74) is -2.16. The Balaban J connectivity index is 1.62. The van der Waals surface area contributed by atoms with Crippen molar-refractivity contribution in [3.05, 3.63) is 58.5 Å². The number of thioether (sulfide) groups is 1. The summed E-state index contributed by atoms with van der Waals surface area (Å²) < 4.78 is 43.0. The lowest BCUT2D eigenvalue weighted by atomic mass is 10.1. The number of aromatic nitrogens is 4. The van der Waals surface area contributed by atoms with Crippen molar-refractivity contribution in [2.75, 3.05) is 43.9 Å². The number of hydrogen-bond acceptors (Lipinski definition) is 10. The van der Waals surface area contributed by atoms with Gasteiger partial charge in [-0.3, -0.25) is 9.69 Å². The highest BCUT2D eigenvalue weighted by molar-refractivity contribution is 7.99. The molecule has 2 saturated heterocycles. The molecule has 0 bridgehead atoms. The zero-order valence-electron chi connectivity index (χ0n) is 24.0. The van der Waals surface area contributed by atoms with E-state index in [9.17, 15) is 28.3 Å². The molecule has 0 spiro atoms. The molecule has 2 aliphatic heterocycles. The number of rotatable bonds is 8. The van der Waals surface area contributed by atoms with E-state index < -0.39 is 23.5 Å². The average molecular weight is 615 g/mol. The number of nitrogens with zero attached hydrogens (tertiary/aromatic N) is 8. The van der Waals surface area contributed by atoms with E-state index in [4.69, 9.17) is 4.98 Å². The maximum atomic E-state index is 14.1. The quantitative estimate of drug-likeness (QED) is 0.229. The molecule has 0 amide bonds. The Morgan fingerprint density at radius 3 is 2.72 bits per heavy atom. The van der Waals surface area contributed by atoms with Crippen LogP contribution < -0.4 is 10.5 Å². The highest BCUT2D eigenvalue weighted by atomic mass is 32.2. The van der Waals surface area contributed by atoms with Gasteiger partial charge in [0.1, 0.15) is 17.6 Å². The fraction of sp³-hybridized carbons (Fsp3) is 0.483. The first kappa shape index (κ1) is 30.9. The van der Waals surface area contributed by atoms with Crippen molar-refractivity contribution in [2.24, 2.45) is 0 Å². The van der Waals surface area contributed by atoms with Crippen LogP contribution in [0.4, 0.5) is 19.0 Å². The number of anilines is 1. The Hall–Kier alpha value is -3.51. The molecule has 4 heterocycles. The van der Waals surface area contributed by atoms with Crippen LogP contribution in [-0.2, 0) is 6.18 Å². The number of benzene rings is 1. The maximum absolute atomic E-state index is 14.1. The zero-order chi connectivity index (χ0) is 30.9. The summed E-state index contributed by atoms with van der Waals surface area (Å²) in [6.45, 7) is 7.11. The predicted octanol–water partition coefficient (Wildman–Crippen LogP) is 3.60. The Morgan fingerprint density at radius 1 is 1.26 bits per heavy atom. The number of fused-ring (bicyclic) bond motifs is 1. The predicted molar refractivity (Wildman–Crippen MR) is 158 cm³/mol. The molecule has 1 unspecified atom stereocenters. The van der Waals surface area contributed by atoms with Crippen LogP contribution in [0.2, 0.25) is 0 Å². The summed E-state index contributed by atoms with van der Waals surface area (Å²) in [5, 5.41) is 24.7. The van der Waals surface area contributed by atoms with E-state index in [0.717, 1.165) is 24.1 Å². The Kier molecular flexibility index (Phi) is 9.07. The van der Waals surface area contributed by atoms with Crippen LogP contribution >= 0.6 is 11.8 Å². The summed E-state index contributed by atoms with van der Waals surface area (Å²) in [6.07, 6.45) is -0.645. The standard InChI is InChI=1S/C29H33F3N8O2S/c1-4-23(41)39-14-13-38(16-19(39)10-11-33)26-21-15-34-40(22-9-5-7-18(2)24(22)29(30,31)32)27(42)25(21)35-28(36-26)43-17-20-8-6-12-37(20)3/h4-5,7,9,15,19-20,23,41H,1,6,8,10,12-14,16-17H2,2-3H3/t19-,20-,23?/m0/s1. The zero-order valence-corrected chi connectivity index (χ0v) is 24.8. The van der Waals surface area contributed by atoms with Gasteiger partial charge in [-0.15, -0.1) is 0 Å². The number of likely N-dealkylation sites (tertiary alicyclic amines) is 1. The third-order valence-electron chi connectivity index (χ3n) is 8.15. The van der Waals surface area contributed by atoms with Crippen molar-refractivity contribution in [3.63, 3.8) is 0 Å². The average Bonchev–Trinajstić information content (AvgIpc) is 3.39. The normalized spacial score (nSPS) is 20.8. The van der Waals surface area contributed by atoms with Crippen molar-refractivity contribution in [2.45, 2.75) is 55.8 Å². The van der Waals surface area contributed by atoms with Crippen molar-refractivity contribution in [3.8, 4) is 11.8 Å². The molecular formula is C29H33F3N8O2S. The van der Waals surface area contributed by atoms with Crippen LogP contribution in [0.3, 0.4) is 0 Å². The van der Waals surface area contributed by atoms with Gasteiger partial charge in [0.05, 0.1) is 35.3 Å². The van der Waals surface area contributed by atoms with Gasteiger partial charge in [-0.25, -0.2) is 9.97 Å². The second-order valence-electron chi connectivity index (χ2n) is 10.9. The molecule has 14 heteroatoms. The molecule has 5 rings (SSSR count). The van der Waals surface area contributed by atoms with E-state index in [1.54, 1.807) is 4.90 Å². The fourth-order valence-electron chi connectivity index (χ4n) is 5.86. The largest absolute Gasteiger partial charge is 0.418 e. The Labute approximate surface area is 251 Å². The van der Waals surface area contributed by atoms with Crippen LogP contribution in [0.25, 0.3) is 16.6 Å². The van der Waals surface area contributed by atoms with Gasteiger partial charge in [0.2, 0.25) is 0 Å². The van der Waals surface area contributed by atoms with E-state index in [2.05, 4.69) is 34.7 Å². The third kappa shape index (κ3) is 6.26. The summed E-state index contributed by atoms with van der Waals surface area (Å²) in [5.74, 6) is 1.10. The Morgan fingerprint density at radius 2 is 2.05 bits per heavy atom. The molecule has 228 valence electrons. The minimum atomic E-state index is -4.70. The van der Waals surface area contributed by atoms with Gasteiger partial charge >= 0.3 is 6.18 Å². The summed E-state index contributed by atoms with van der Waals surface area (Å²) in [6, 6.07) is 6.14. The molecule has 1 aromatic carbocycles. The summed E-state index contributed by atoms with van der Waals surface area (Å²) in [4.78, 5) is 29.2. The molecule has 3 atom stereocenters. The van der Waals surface area contributed by atoms with Gasteiger partial charge in [0.15, 0.2) is 5.16 Å². The first-order valence-electron chi connectivity index (χ1n) is 14.0. The van der Waals surface area contributed by atoms with Gasteiger partial charge in [-0.1, -0.05) is 30.5 Å². The maximum Gasteiger partial charge on any atom is 0.418 e. The molecule has 1 N–H and O–H groups in total. The molecule has 10 nitrogen and oxygen atoms in total. The molecule has 2 aromatic heterocycles. The molecule has 0 saturated carbocycles.